The van der Waals surface area contributed by atoms with Crippen molar-refractivity contribution in [1.29, 1.82) is 0 Å². The third-order valence-electron chi connectivity index (χ3n) is 21.2. The fourth-order valence-electron chi connectivity index (χ4n) is 14.7. The number of aliphatic carboxylic acids is 1. The van der Waals surface area contributed by atoms with Crippen LogP contribution in [0.3, 0.4) is 0 Å². The molecule has 3 saturated heterocycles. The lowest BCUT2D eigenvalue weighted by molar-refractivity contribution is -0.386. The summed E-state index contributed by atoms with van der Waals surface area (Å²) in [5, 5.41) is 136. The summed E-state index contributed by atoms with van der Waals surface area (Å²) in [4.78, 5) is 38.6. The van der Waals surface area contributed by atoms with Crippen LogP contribution in [0.1, 0.15) is 342 Å². The Bertz CT molecular complexity index is 2100. The summed E-state index contributed by atoms with van der Waals surface area (Å²) in [5.74, 6) is -6.09. The SMILES string of the molecule is CCCCCCCCCCCCCCCCCCCC/C=C\CCCCCCCCCCCCCCCCCCCC(=O)NC(COC1OC(CO)C(OC2OC(CO)C(O)C(OC3(C(=O)O)CC(O)C(NC(C)=O)C(C(O)C(O)CO)O3)C2O)C(O)C1O)C(O)CCCCCCCCCCCC. The molecule has 18 unspecified atom stereocenters. The second kappa shape index (κ2) is 59.4. The summed E-state index contributed by atoms with van der Waals surface area (Å²) in [6, 6.07) is -2.53. The highest BCUT2D eigenvalue weighted by atomic mass is 16.8. The van der Waals surface area contributed by atoms with Gasteiger partial charge in [0.2, 0.25) is 11.8 Å². The Labute approximate surface area is 620 Å². The first-order chi connectivity index (χ1) is 49.9. The maximum Gasteiger partial charge on any atom is 0.364 e. The number of unbranched alkanes of at least 4 members (excludes halogenated alkanes) is 44. The first kappa shape index (κ1) is 94.7. The van der Waals surface area contributed by atoms with Crippen molar-refractivity contribution in [1.82, 2.24) is 10.6 Å². The summed E-state index contributed by atoms with van der Waals surface area (Å²) in [6.07, 6.45) is 35.7. The number of aliphatic hydroxyl groups is 11. The van der Waals surface area contributed by atoms with E-state index in [4.69, 9.17) is 28.4 Å². The molecular weight excluding hydrogens is 1320 g/mol. The van der Waals surface area contributed by atoms with Crippen molar-refractivity contribution in [2.45, 2.75) is 452 Å². The minimum atomic E-state index is -3.08. The van der Waals surface area contributed by atoms with Crippen molar-refractivity contribution in [2.75, 3.05) is 26.4 Å². The van der Waals surface area contributed by atoms with Crippen LogP contribution in [0.4, 0.5) is 0 Å². The van der Waals surface area contributed by atoms with Crippen LogP contribution in [0.2, 0.25) is 0 Å². The standard InChI is InChI=1S/C80H150N2O21/c1-4-6-8-10-12-14-16-17-18-19-20-21-22-23-24-25-26-27-28-29-30-31-32-33-34-35-36-37-38-39-40-41-42-43-44-46-48-50-52-54-67(90)82-61(62(87)53-51-49-47-45-15-13-11-9-7-5-2)59-98-77-72(94)71(93)74(66(58-85)100-77)101-78-73(95)76(70(92)65(57-84)99-78)103-80(79(96)97)55-63(88)68(81-60(3)86)75(102-80)69(91)64(89)56-83/h29-30,61-66,68-78,83-85,87-89,91-95H,4-28,31-59H2,1-3H3,(H,81,86)(H,82,90)(H,96,97)/b30-29-. The van der Waals surface area contributed by atoms with Crippen LogP contribution in [0.5, 0.6) is 0 Å². The first-order valence-corrected chi connectivity index (χ1v) is 41.5. The smallest absolute Gasteiger partial charge is 0.364 e. The molecule has 18 atom stereocenters. The molecule has 606 valence electrons. The van der Waals surface area contributed by atoms with Crippen molar-refractivity contribution in [2.24, 2.45) is 0 Å². The van der Waals surface area contributed by atoms with Crippen LogP contribution in [0.25, 0.3) is 0 Å². The molecule has 0 aromatic carbocycles. The molecule has 3 rings (SSSR count). The van der Waals surface area contributed by atoms with Crippen LogP contribution < -0.4 is 10.6 Å². The number of allylic oxidation sites excluding steroid dienone is 2. The van der Waals surface area contributed by atoms with Crippen LogP contribution in [0, 0.1) is 0 Å². The number of rotatable bonds is 66. The van der Waals surface area contributed by atoms with Crippen molar-refractivity contribution >= 4 is 17.8 Å². The number of hydrogen-bond donors (Lipinski definition) is 14. The van der Waals surface area contributed by atoms with Gasteiger partial charge in [0, 0.05) is 19.8 Å². The molecule has 103 heavy (non-hydrogen) atoms. The number of amides is 2. The summed E-state index contributed by atoms with van der Waals surface area (Å²) in [7, 11) is 0. The molecule has 3 heterocycles. The van der Waals surface area contributed by atoms with E-state index >= 15 is 0 Å². The second-order valence-electron chi connectivity index (χ2n) is 30.3. The number of carbonyl (C=O) groups excluding carboxylic acids is 2. The predicted octanol–water partition coefficient (Wildman–Crippen LogP) is 11.4. The van der Waals surface area contributed by atoms with Gasteiger partial charge in [0.15, 0.2) is 12.6 Å². The van der Waals surface area contributed by atoms with Gasteiger partial charge < -0.3 is 100 Å². The maximum absolute atomic E-state index is 13.5. The van der Waals surface area contributed by atoms with Gasteiger partial charge >= 0.3 is 5.97 Å². The van der Waals surface area contributed by atoms with Crippen LogP contribution >= 0.6 is 0 Å². The van der Waals surface area contributed by atoms with Crippen LogP contribution in [-0.2, 0) is 42.8 Å². The molecule has 23 nitrogen and oxygen atoms in total. The minimum Gasteiger partial charge on any atom is -0.477 e. The highest BCUT2D eigenvalue weighted by molar-refractivity contribution is 5.77. The zero-order chi connectivity index (χ0) is 75.3. The minimum absolute atomic E-state index is 0.227. The van der Waals surface area contributed by atoms with Gasteiger partial charge in [-0.2, -0.15) is 0 Å². The molecular formula is C80H150N2O21. The molecule has 0 aliphatic carbocycles. The molecule has 3 fully saturated rings. The lowest BCUT2D eigenvalue weighted by Gasteiger charge is -2.50. The van der Waals surface area contributed by atoms with Crippen molar-refractivity contribution in [3.05, 3.63) is 12.2 Å². The zero-order valence-corrected chi connectivity index (χ0v) is 64.2. The fourth-order valence-corrected chi connectivity index (χ4v) is 14.7. The highest BCUT2D eigenvalue weighted by Crippen LogP contribution is 2.39. The maximum atomic E-state index is 13.5. The normalized spacial score (nSPS) is 26.5. The number of hydrogen-bond acceptors (Lipinski definition) is 20. The van der Waals surface area contributed by atoms with E-state index in [1.807, 2.05) is 0 Å². The van der Waals surface area contributed by atoms with Gasteiger partial charge in [-0.3, -0.25) is 9.59 Å². The fraction of sp³-hybridized carbons (Fsp3) is 0.938. The molecule has 0 spiro atoms. The number of carboxylic acids is 1. The first-order valence-electron chi connectivity index (χ1n) is 41.5. The molecule has 2 amide bonds. The Hall–Kier alpha value is -2.53. The van der Waals surface area contributed by atoms with Crippen molar-refractivity contribution in [3.8, 4) is 0 Å². The van der Waals surface area contributed by atoms with Crippen molar-refractivity contribution in [3.63, 3.8) is 0 Å². The average Bonchev–Trinajstić information content (AvgIpc) is 0.755. The van der Waals surface area contributed by atoms with Gasteiger partial charge in [0.1, 0.15) is 67.1 Å². The van der Waals surface area contributed by atoms with E-state index in [-0.39, 0.29) is 18.9 Å². The van der Waals surface area contributed by atoms with E-state index in [2.05, 4.69) is 36.6 Å². The van der Waals surface area contributed by atoms with E-state index in [0.717, 1.165) is 58.3 Å². The third kappa shape index (κ3) is 39.6. The largest absolute Gasteiger partial charge is 0.477 e. The van der Waals surface area contributed by atoms with E-state index in [1.165, 1.54) is 238 Å². The molecule has 23 heteroatoms. The summed E-state index contributed by atoms with van der Waals surface area (Å²) < 4.78 is 34.9. The average molecular weight is 1480 g/mol. The Kier molecular flexibility index (Phi) is 54.6. The van der Waals surface area contributed by atoms with Gasteiger partial charge in [0.25, 0.3) is 5.79 Å². The topological polar surface area (TPSA) is 373 Å². The van der Waals surface area contributed by atoms with Gasteiger partial charge in [0.05, 0.1) is 50.7 Å². The third-order valence-corrected chi connectivity index (χ3v) is 21.2. The molecule has 0 radical (unpaired) electrons. The highest BCUT2D eigenvalue weighted by Gasteiger charge is 2.60. The summed E-state index contributed by atoms with van der Waals surface area (Å²) in [6.45, 7) is 2.21. The van der Waals surface area contributed by atoms with Gasteiger partial charge in [-0.05, 0) is 38.5 Å². The van der Waals surface area contributed by atoms with Gasteiger partial charge in [-0.1, -0.05) is 296 Å². The Morgan fingerprint density at radius 2 is 0.903 bits per heavy atom. The monoisotopic (exact) mass is 1480 g/mol. The van der Waals surface area contributed by atoms with E-state index in [9.17, 15) is 75.7 Å². The lowest BCUT2D eigenvalue weighted by atomic mass is 9.88. The summed E-state index contributed by atoms with van der Waals surface area (Å²) >= 11 is 0. The van der Waals surface area contributed by atoms with Crippen LogP contribution in [0.15, 0.2) is 12.2 Å². The lowest BCUT2D eigenvalue weighted by Crippen LogP contribution is -2.70. The van der Waals surface area contributed by atoms with E-state index in [0.29, 0.717) is 19.3 Å². The zero-order valence-electron chi connectivity index (χ0n) is 64.2. The number of nitrogens with one attached hydrogen (secondary N) is 2. The number of ether oxygens (including phenoxy) is 6. The molecule has 0 bridgehead atoms. The van der Waals surface area contributed by atoms with Gasteiger partial charge in [-0.15, -0.1) is 0 Å². The molecule has 0 aromatic heterocycles. The Morgan fingerprint density at radius 3 is 1.31 bits per heavy atom. The van der Waals surface area contributed by atoms with Gasteiger partial charge in [-0.25, -0.2) is 4.79 Å². The number of carbonyl (C=O) groups is 3. The Balaban J connectivity index is 1.36. The molecule has 3 aliphatic rings. The quantitative estimate of drug-likeness (QED) is 0.0199. The molecule has 0 aromatic rings. The Morgan fingerprint density at radius 1 is 0.495 bits per heavy atom. The predicted molar refractivity (Wildman–Crippen MR) is 398 cm³/mol. The van der Waals surface area contributed by atoms with E-state index < -0.39 is 148 Å². The van der Waals surface area contributed by atoms with Crippen molar-refractivity contribution < 1.29 is 104 Å². The molecule has 0 saturated carbocycles. The number of aliphatic hydroxyl groups excluding tert-OH is 11. The molecule has 14 N–H and O–H groups in total. The van der Waals surface area contributed by atoms with Crippen LogP contribution in [-0.4, -0.2) is 215 Å². The summed E-state index contributed by atoms with van der Waals surface area (Å²) in [5.41, 5.74) is 0. The number of carboxylic acid groups (broad SMARTS) is 1. The second-order valence-corrected chi connectivity index (χ2v) is 30.3. The van der Waals surface area contributed by atoms with E-state index in [1.54, 1.807) is 0 Å². The molecule has 3 aliphatic heterocycles.